The van der Waals surface area contributed by atoms with Gasteiger partial charge in [-0.2, -0.15) is 0 Å². The summed E-state index contributed by atoms with van der Waals surface area (Å²) in [5.74, 6) is 3.13. The molecule has 3 aromatic rings. The van der Waals surface area contributed by atoms with Crippen LogP contribution in [0.5, 0.6) is 0 Å². The third kappa shape index (κ3) is 4.75. The highest BCUT2D eigenvalue weighted by Crippen LogP contribution is 2.23. The van der Waals surface area contributed by atoms with Crippen molar-refractivity contribution in [3.63, 3.8) is 0 Å². The van der Waals surface area contributed by atoms with Crippen molar-refractivity contribution in [2.24, 2.45) is 10.9 Å². The van der Waals surface area contributed by atoms with E-state index < -0.39 is 0 Å². The van der Waals surface area contributed by atoms with E-state index in [1.165, 1.54) is 0 Å². The highest BCUT2D eigenvalue weighted by atomic mass is 16.5. The summed E-state index contributed by atoms with van der Waals surface area (Å²) in [6.45, 7) is 5.21. The number of benzene rings is 1. The van der Waals surface area contributed by atoms with Crippen molar-refractivity contribution in [2.75, 3.05) is 26.3 Å². The van der Waals surface area contributed by atoms with E-state index in [0.717, 1.165) is 67.6 Å². The van der Waals surface area contributed by atoms with Gasteiger partial charge in [-0.1, -0.05) is 18.2 Å². The van der Waals surface area contributed by atoms with Crippen LogP contribution in [0.4, 0.5) is 0 Å². The average molecular weight is 381 g/mol. The van der Waals surface area contributed by atoms with E-state index in [1.54, 1.807) is 6.26 Å². The van der Waals surface area contributed by atoms with Crippen LogP contribution in [0.3, 0.4) is 0 Å². The van der Waals surface area contributed by atoms with E-state index in [9.17, 15) is 0 Å². The summed E-state index contributed by atoms with van der Waals surface area (Å²) in [6, 6.07) is 14.0. The predicted octanol–water partition coefficient (Wildman–Crippen LogP) is 3.90. The molecule has 1 aliphatic heterocycles. The number of aliphatic imine (C=N–C) groups is 1. The van der Waals surface area contributed by atoms with E-state index in [4.69, 9.17) is 18.6 Å². The highest BCUT2D eigenvalue weighted by molar-refractivity contribution is 5.81. The molecule has 2 atom stereocenters. The van der Waals surface area contributed by atoms with Gasteiger partial charge in [0.1, 0.15) is 17.1 Å². The highest BCUT2D eigenvalue weighted by Gasteiger charge is 2.17. The fourth-order valence-corrected chi connectivity index (χ4v) is 3.35. The lowest BCUT2D eigenvalue weighted by atomic mass is 10.1. The lowest BCUT2D eigenvalue weighted by Crippen LogP contribution is -2.40. The minimum Gasteiger partial charge on any atom is -0.469 e. The zero-order valence-corrected chi connectivity index (χ0v) is 16.2. The number of fused-ring (bicyclic) bond motifs is 1. The van der Waals surface area contributed by atoms with Crippen LogP contribution in [0.1, 0.15) is 30.9 Å². The smallest absolute Gasteiger partial charge is 0.191 e. The Hall–Kier alpha value is -2.73. The van der Waals surface area contributed by atoms with Gasteiger partial charge in [0.15, 0.2) is 5.96 Å². The van der Waals surface area contributed by atoms with Gasteiger partial charge in [-0.3, -0.25) is 4.99 Å². The number of guanidine groups is 1. The summed E-state index contributed by atoms with van der Waals surface area (Å²) in [6.07, 6.45) is 3.58. The van der Waals surface area contributed by atoms with Crippen molar-refractivity contribution in [3.8, 4) is 0 Å². The van der Waals surface area contributed by atoms with Gasteiger partial charge in [-0.05, 0) is 37.6 Å². The van der Waals surface area contributed by atoms with Gasteiger partial charge in [0, 0.05) is 37.4 Å². The molecule has 1 fully saturated rings. The zero-order valence-electron chi connectivity index (χ0n) is 16.2. The molecule has 3 heterocycles. The molecular weight excluding hydrogens is 354 g/mol. The zero-order chi connectivity index (χ0) is 19.2. The number of ether oxygens (including phenoxy) is 1. The second-order valence-electron chi connectivity index (χ2n) is 7.23. The number of hydrogen-bond acceptors (Lipinski definition) is 4. The van der Waals surface area contributed by atoms with E-state index in [-0.39, 0.29) is 6.04 Å². The van der Waals surface area contributed by atoms with Gasteiger partial charge < -0.3 is 24.2 Å². The molecule has 2 aromatic heterocycles. The molecule has 28 heavy (non-hydrogen) atoms. The van der Waals surface area contributed by atoms with Crippen molar-refractivity contribution < 1.29 is 13.6 Å². The second-order valence-corrected chi connectivity index (χ2v) is 7.23. The number of rotatable bonds is 7. The van der Waals surface area contributed by atoms with Gasteiger partial charge in [0.05, 0.1) is 18.9 Å². The maximum Gasteiger partial charge on any atom is 0.191 e. The van der Waals surface area contributed by atoms with Gasteiger partial charge >= 0.3 is 0 Å². The van der Waals surface area contributed by atoms with Crippen LogP contribution in [0, 0.1) is 5.92 Å². The van der Waals surface area contributed by atoms with E-state index in [1.807, 2.05) is 30.3 Å². The minimum absolute atomic E-state index is 0.00194. The Bertz CT molecular complexity index is 862. The molecule has 1 saturated heterocycles. The van der Waals surface area contributed by atoms with E-state index in [2.05, 4.69) is 29.7 Å². The van der Waals surface area contributed by atoms with Crippen LogP contribution in [-0.4, -0.2) is 32.3 Å². The number of nitrogens with zero attached hydrogens (tertiary/aromatic N) is 1. The molecule has 2 N–H and O–H groups in total. The molecular formula is C22H27N3O3. The molecule has 0 saturated carbocycles. The molecule has 0 radical (unpaired) electrons. The van der Waals surface area contributed by atoms with Gasteiger partial charge in [0.25, 0.3) is 0 Å². The molecule has 2 unspecified atom stereocenters. The molecule has 0 spiro atoms. The van der Waals surface area contributed by atoms with Crippen LogP contribution in [-0.2, 0) is 11.2 Å². The van der Waals surface area contributed by atoms with E-state index in [0.29, 0.717) is 5.92 Å². The Morgan fingerprint density at radius 2 is 2.18 bits per heavy atom. The topological polar surface area (TPSA) is 71.9 Å². The van der Waals surface area contributed by atoms with Crippen molar-refractivity contribution in [2.45, 2.75) is 25.8 Å². The third-order valence-corrected chi connectivity index (χ3v) is 5.00. The summed E-state index contributed by atoms with van der Waals surface area (Å²) in [7, 11) is 0. The van der Waals surface area contributed by atoms with Crippen LogP contribution in [0.15, 0.2) is 62.6 Å². The normalized spacial score (nSPS) is 18.5. The maximum atomic E-state index is 5.99. The first kappa shape index (κ1) is 18.6. The molecule has 0 bridgehead atoms. The van der Waals surface area contributed by atoms with Gasteiger partial charge in [-0.15, -0.1) is 0 Å². The van der Waals surface area contributed by atoms with Crippen molar-refractivity contribution in [3.05, 3.63) is 60.2 Å². The molecule has 1 aromatic carbocycles. The average Bonchev–Trinajstić information content (AvgIpc) is 3.47. The predicted molar refractivity (Wildman–Crippen MR) is 109 cm³/mol. The summed E-state index contributed by atoms with van der Waals surface area (Å²) >= 11 is 0. The van der Waals surface area contributed by atoms with Gasteiger partial charge in [0.2, 0.25) is 0 Å². The van der Waals surface area contributed by atoms with Crippen LogP contribution in [0.2, 0.25) is 0 Å². The molecule has 148 valence electrons. The summed E-state index contributed by atoms with van der Waals surface area (Å²) in [5.41, 5.74) is 0.901. The lowest BCUT2D eigenvalue weighted by Gasteiger charge is -2.17. The van der Waals surface area contributed by atoms with Crippen LogP contribution >= 0.6 is 0 Å². The molecule has 0 aliphatic carbocycles. The maximum absolute atomic E-state index is 5.99. The lowest BCUT2D eigenvalue weighted by molar-refractivity contribution is 0.187. The Kier molecular flexibility index (Phi) is 5.97. The monoisotopic (exact) mass is 381 g/mol. The largest absolute Gasteiger partial charge is 0.469 e. The molecule has 0 amide bonds. The first-order valence-electron chi connectivity index (χ1n) is 9.91. The SMILES string of the molecule is CC(NC(=NCC1CCOC1)NCCc1ccco1)c1cc2ccccc2o1. The fourth-order valence-electron chi connectivity index (χ4n) is 3.35. The first-order chi connectivity index (χ1) is 13.8. The Morgan fingerprint density at radius 3 is 2.96 bits per heavy atom. The Morgan fingerprint density at radius 1 is 1.25 bits per heavy atom. The van der Waals surface area contributed by atoms with E-state index >= 15 is 0 Å². The molecule has 6 heteroatoms. The second kappa shape index (κ2) is 8.97. The van der Waals surface area contributed by atoms with Gasteiger partial charge in [-0.25, -0.2) is 0 Å². The summed E-state index contributed by atoms with van der Waals surface area (Å²) in [4.78, 5) is 4.79. The standard InChI is InChI=1S/C22H27N3O3/c1-16(21-13-18-5-2-3-7-20(18)28-21)25-22(24-14-17-9-12-26-15-17)23-10-8-19-6-4-11-27-19/h2-7,11,13,16-17H,8-10,12,14-15H2,1H3,(H2,23,24,25). The summed E-state index contributed by atoms with van der Waals surface area (Å²) < 4.78 is 16.9. The molecule has 6 nitrogen and oxygen atoms in total. The first-order valence-corrected chi connectivity index (χ1v) is 9.91. The Labute approximate surface area is 165 Å². The third-order valence-electron chi connectivity index (χ3n) is 5.00. The number of hydrogen-bond donors (Lipinski definition) is 2. The van der Waals surface area contributed by atoms with Crippen LogP contribution < -0.4 is 10.6 Å². The fraction of sp³-hybridized carbons (Fsp3) is 0.409. The minimum atomic E-state index is 0.00194. The number of para-hydroxylation sites is 1. The van der Waals surface area contributed by atoms with Crippen molar-refractivity contribution in [1.82, 2.24) is 10.6 Å². The van der Waals surface area contributed by atoms with Crippen molar-refractivity contribution >= 4 is 16.9 Å². The quantitative estimate of drug-likeness (QED) is 0.480. The Balaban J connectivity index is 1.41. The molecule has 1 aliphatic rings. The van der Waals surface area contributed by atoms with Crippen molar-refractivity contribution in [1.29, 1.82) is 0 Å². The molecule has 4 rings (SSSR count). The number of furan rings is 2. The summed E-state index contributed by atoms with van der Waals surface area (Å²) in [5, 5.41) is 7.99. The van der Waals surface area contributed by atoms with Crippen LogP contribution in [0.25, 0.3) is 11.0 Å². The number of nitrogens with one attached hydrogen (secondary N) is 2.